The molecule has 0 saturated heterocycles. The highest BCUT2D eigenvalue weighted by Crippen LogP contribution is 2.26. The molecule has 72 valence electrons. The van der Waals surface area contributed by atoms with Crippen LogP contribution in [-0.4, -0.2) is 17.2 Å². The summed E-state index contributed by atoms with van der Waals surface area (Å²) in [7, 11) is -1.41. The van der Waals surface area contributed by atoms with Gasteiger partial charge in [0, 0.05) is 20.1 Å². The van der Waals surface area contributed by atoms with Gasteiger partial charge in [0.25, 0.3) is 0 Å². The number of thiophene rings is 1. The summed E-state index contributed by atoms with van der Waals surface area (Å²) in [6.45, 7) is 1.87. The number of rotatable bonds is 1. The number of aryl methyl sites for hydroxylation is 1. The number of hydrogen-bond donors (Lipinski definition) is 2. The highest BCUT2D eigenvalue weighted by molar-refractivity contribution is 7.20. The zero-order valence-corrected chi connectivity index (χ0v) is 9.06. The summed E-state index contributed by atoms with van der Waals surface area (Å²) >= 11 is 7.36. The molecule has 1 aromatic carbocycles. The minimum Gasteiger partial charge on any atom is -0.423 e. The summed E-state index contributed by atoms with van der Waals surface area (Å²) in [6, 6.07) is 5.40. The Bertz CT molecular complexity index is 481. The first kappa shape index (κ1) is 9.99. The van der Waals surface area contributed by atoms with Crippen LogP contribution in [0.15, 0.2) is 18.2 Å². The highest BCUT2D eigenvalue weighted by atomic mass is 35.5. The molecule has 0 amide bonds. The van der Waals surface area contributed by atoms with Crippen molar-refractivity contribution in [3.05, 3.63) is 28.1 Å². The van der Waals surface area contributed by atoms with E-state index in [0.29, 0.717) is 10.5 Å². The standard InChI is InChI=1S/C9H8BClO2S/c1-5-9(10(12)13)7-3-2-6(11)4-8(7)14-5/h2-4,12-13H,1H3. The van der Waals surface area contributed by atoms with Crippen LogP contribution >= 0.6 is 22.9 Å². The zero-order chi connectivity index (χ0) is 10.3. The lowest BCUT2D eigenvalue weighted by Crippen LogP contribution is -2.30. The van der Waals surface area contributed by atoms with Gasteiger partial charge in [-0.2, -0.15) is 0 Å². The van der Waals surface area contributed by atoms with Gasteiger partial charge in [-0.3, -0.25) is 0 Å². The largest absolute Gasteiger partial charge is 0.490 e. The molecule has 14 heavy (non-hydrogen) atoms. The van der Waals surface area contributed by atoms with Crippen LogP contribution in [0.25, 0.3) is 10.1 Å². The van der Waals surface area contributed by atoms with Gasteiger partial charge >= 0.3 is 7.12 Å². The fourth-order valence-electron chi connectivity index (χ4n) is 1.53. The molecule has 0 atom stereocenters. The Labute approximate surface area is 90.9 Å². The molecule has 1 heterocycles. The summed E-state index contributed by atoms with van der Waals surface area (Å²) in [5.41, 5.74) is 0.585. The summed E-state index contributed by atoms with van der Waals surface area (Å²) < 4.78 is 0.984. The number of hydrogen-bond acceptors (Lipinski definition) is 3. The molecule has 0 aliphatic carbocycles. The van der Waals surface area contributed by atoms with E-state index in [1.54, 1.807) is 6.07 Å². The Kier molecular flexibility index (Phi) is 2.53. The monoisotopic (exact) mass is 226 g/mol. The predicted octanol–water partition coefficient (Wildman–Crippen LogP) is 1.54. The Morgan fingerprint density at radius 1 is 1.36 bits per heavy atom. The van der Waals surface area contributed by atoms with E-state index in [1.807, 2.05) is 19.1 Å². The van der Waals surface area contributed by atoms with Gasteiger partial charge in [0.1, 0.15) is 0 Å². The van der Waals surface area contributed by atoms with Crippen molar-refractivity contribution in [2.24, 2.45) is 0 Å². The molecule has 2 nitrogen and oxygen atoms in total. The topological polar surface area (TPSA) is 40.5 Å². The minimum absolute atomic E-state index is 0.585. The molecule has 2 aromatic rings. The van der Waals surface area contributed by atoms with E-state index in [1.165, 1.54) is 11.3 Å². The van der Waals surface area contributed by atoms with Crippen LogP contribution < -0.4 is 5.46 Å². The van der Waals surface area contributed by atoms with Crippen LogP contribution in [0.2, 0.25) is 5.02 Å². The first-order valence-electron chi connectivity index (χ1n) is 4.14. The van der Waals surface area contributed by atoms with Crippen LogP contribution in [-0.2, 0) is 0 Å². The Morgan fingerprint density at radius 2 is 2.07 bits per heavy atom. The first-order valence-corrected chi connectivity index (χ1v) is 5.33. The van der Waals surface area contributed by atoms with Crippen molar-refractivity contribution in [2.75, 3.05) is 0 Å². The third-order valence-electron chi connectivity index (χ3n) is 2.13. The second kappa shape index (κ2) is 3.55. The van der Waals surface area contributed by atoms with E-state index in [4.69, 9.17) is 11.6 Å². The first-order chi connectivity index (χ1) is 6.59. The lowest BCUT2D eigenvalue weighted by atomic mass is 9.78. The summed E-state index contributed by atoms with van der Waals surface area (Å²) in [4.78, 5) is 0.914. The van der Waals surface area contributed by atoms with Gasteiger partial charge in [-0.15, -0.1) is 11.3 Å². The van der Waals surface area contributed by atoms with Crippen molar-refractivity contribution < 1.29 is 10.0 Å². The molecular formula is C9H8BClO2S. The van der Waals surface area contributed by atoms with Crippen LogP contribution in [0.4, 0.5) is 0 Å². The maximum atomic E-state index is 9.19. The van der Waals surface area contributed by atoms with E-state index in [-0.39, 0.29) is 0 Å². The Morgan fingerprint density at radius 3 is 2.71 bits per heavy atom. The SMILES string of the molecule is Cc1sc2cc(Cl)ccc2c1B(O)O. The normalized spacial score (nSPS) is 10.9. The molecule has 2 rings (SSSR count). The van der Waals surface area contributed by atoms with Crippen LogP contribution in [0.5, 0.6) is 0 Å². The average Bonchev–Trinajstić information content (AvgIpc) is 2.39. The third-order valence-corrected chi connectivity index (χ3v) is 3.45. The van der Waals surface area contributed by atoms with Crippen LogP contribution in [0.1, 0.15) is 4.88 Å². The molecule has 1 aromatic heterocycles. The molecule has 0 fully saturated rings. The summed E-state index contributed by atoms with van der Waals surface area (Å²) in [5.74, 6) is 0. The fraction of sp³-hybridized carbons (Fsp3) is 0.111. The molecule has 0 saturated carbocycles. The van der Waals surface area contributed by atoms with Crippen molar-refractivity contribution in [1.29, 1.82) is 0 Å². The molecular weight excluding hydrogens is 218 g/mol. The lowest BCUT2D eigenvalue weighted by Gasteiger charge is -1.98. The summed E-state index contributed by atoms with van der Waals surface area (Å²) in [5, 5.41) is 19.9. The van der Waals surface area contributed by atoms with Crippen molar-refractivity contribution in [1.82, 2.24) is 0 Å². The Balaban J connectivity index is 2.77. The van der Waals surface area contributed by atoms with Crippen molar-refractivity contribution >= 4 is 45.6 Å². The molecule has 5 heteroatoms. The van der Waals surface area contributed by atoms with Crippen LogP contribution in [0.3, 0.4) is 0 Å². The van der Waals surface area contributed by atoms with E-state index in [0.717, 1.165) is 15.0 Å². The van der Waals surface area contributed by atoms with Gasteiger partial charge in [0.2, 0.25) is 0 Å². The molecule has 0 unspecified atom stereocenters. The van der Waals surface area contributed by atoms with Gasteiger partial charge in [-0.25, -0.2) is 0 Å². The fourth-order valence-corrected chi connectivity index (χ4v) is 2.90. The van der Waals surface area contributed by atoms with E-state index in [9.17, 15) is 10.0 Å². The zero-order valence-electron chi connectivity index (χ0n) is 7.49. The predicted molar refractivity (Wildman–Crippen MR) is 61.4 cm³/mol. The third kappa shape index (κ3) is 1.55. The van der Waals surface area contributed by atoms with Crippen molar-refractivity contribution in [3.8, 4) is 0 Å². The van der Waals surface area contributed by atoms with Gasteiger partial charge in [-0.05, 0) is 24.4 Å². The average molecular weight is 226 g/mol. The number of halogens is 1. The smallest absolute Gasteiger partial charge is 0.423 e. The summed E-state index contributed by atoms with van der Waals surface area (Å²) in [6.07, 6.45) is 0. The highest BCUT2D eigenvalue weighted by Gasteiger charge is 2.19. The second-order valence-corrected chi connectivity index (χ2v) is 4.78. The second-order valence-electron chi connectivity index (χ2n) is 3.09. The molecule has 0 aliphatic heterocycles. The molecule has 0 bridgehead atoms. The van der Waals surface area contributed by atoms with E-state index >= 15 is 0 Å². The lowest BCUT2D eigenvalue weighted by molar-refractivity contribution is 0.426. The van der Waals surface area contributed by atoms with Crippen molar-refractivity contribution in [3.63, 3.8) is 0 Å². The molecule has 2 N–H and O–H groups in total. The quantitative estimate of drug-likeness (QED) is 0.724. The van der Waals surface area contributed by atoms with E-state index in [2.05, 4.69) is 0 Å². The number of fused-ring (bicyclic) bond motifs is 1. The number of benzene rings is 1. The molecule has 0 spiro atoms. The Hall–Kier alpha value is -0.545. The van der Waals surface area contributed by atoms with Crippen LogP contribution in [0, 0.1) is 6.92 Å². The maximum absolute atomic E-state index is 9.19. The van der Waals surface area contributed by atoms with Crippen molar-refractivity contribution in [2.45, 2.75) is 6.92 Å². The van der Waals surface area contributed by atoms with E-state index < -0.39 is 7.12 Å². The molecule has 0 aliphatic rings. The van der Waals surface area contributed by atoms with Gasteiger partial charge < -0.3 is 10.0 Å². The van der Waals surface area contributed by atoms with Gasteiger partial charge in [-0.1, -0.05) is 17.7 Å². The van der Waals surface area contributed by atoms with Gasteiger partial charge in [0.15, 0.2) is 0 Å². The minimum atomic E-state index is -1.41. The maximum Gasteiger partial charge on any atom is 0.490 e. The molecule has 0 radical (unpaired) electrons. The van der Waals surface area contributed by atoms with Gasteiger partial charge in [0.05, 0.1) is 0 Å².